The lowest BCUT2D eigenvalue weighted by Gasteiger charge is -2.35. The number of halogens is 2. The molecule has 0 saturated carbocycles. The Morgan fingerprint density at radius 2 is 2.05 bits per heavy atom. The summed E-state index contributed by atoms with van der Waals surface area (Å²) in [6.45, 7) is 4.55. The van der Waals surface area contributed by atoms with E-state index in [1.807, 2.05) is 12.1 Å². The molecule has 0 bridgehead atoms. The Bertz CT molecular complexity index is 499. The number of piperidine rings is 1. The first-order valence-electron chi connectivity index (χ1n) is 7.50. The summed E-state index contributed by atoms with van der Waals surface area (Å²) in [5.41, 5.74) is 0.812. The maximum absolute atomic E-state index is 12.5. The van der Waals surface area contributed by atoms with Crippen molar-refractivity contribution in [3.05, 3.63) is 33.8 Å². The van der Waals surface area contributed by atoms with Gasteiger partial charge in [-0.25, -0.2) is 0 Å². The number of hydrogen-bond acceptors (Lipinski definition) is 2. The number of nitrogens with one attached hydrogen (secondary N) is 2. The summed E-state index contributed by atoms with van der Waals surface area (Å²) in [7, 11) is 0. The Labute approximate surface area is 136 Å². The Balaban J connectivity index is 1.88. The Kier molecular flexibility index (Phi) is 5.91. The Morgan fingerprint density at radius 1 is 1.33 bits per heavy atom. The van der Waals surface area contributed by atoms with E-state index in [4.69, 9.17) is 23.2 Å². The Hall–Kier alpha value is -0.770. The predicted molar refractivity (Wildman–Crippen MR) is 88.0 cm³/mol. The molecule has 1 fully saturated rings. The molecule has 0 unspecified atom stereocenters. The molecule has 0 radical (unpaired) electrons. The molecule has 21 heavy (non-hydrogen) atoms. The van der Waals surface area contributed by atoms with Crippen molar-refractivity contribution in [3.63, 3.8) is 0 Å². The van der Waals surface area contributed by atoms with Crippen LogP contribution in [0.3, 0.4) is 0 Å². The van der Waals surface area contributed by atoms with Crippen molar-refractivity contribution in [2.75, 3.05) is 19.6 Å². The first kappa shape index (κ1) is 16.6. The standard InChI is InChI=1S/C16H22Cl2N2O/c1-2-16(6-9-19-10-7-16)15(21)20-8-5-12-3-4-13(17)11-14(12)18/h3-4,11,19H,2,5-10H2,1H3,(H,20,21). The van der Waals surface area contributed by atoms with E-state index in [9.17, 15) is 4.79 Å². The van der Waals surface area contributed by atoms with Crippen LogP contribution in [0.5, 0.6) is 0 Å². The van der Waals surface area contributed by atoms with Gasteiger partial charge in [0.25, 0.3) is 0 Å². The summed E-state index contributed by atoms with van der Waals surface area (Å²) in [4.78, 5) is 12.5. The molecule has 1 aliphatic rings. The third-order valence-electron chi connectivity index (χ3n) is 4.41. The van der Waals surface area contributed by atoms with Gasteiger partial charge >= 0.3 is 0 Å². The maximum atomic E-state index is 12.5. The van der Waals surface area contributed by atoms with Crippen LogP contribution in [-0.2, 0) is 11.2 Å². The zero-order chi connectivity index (χ0) is 15.3. The summed E-state index contributed by atoms with van der Waals surface area (Å²) in [5, 5.41) is 7.68. The number of carbonyl (C=O) groups is 1. The monoisotopic (exact) mass is 328 g/mol. The van der Waals surface area contributed by atoms with E-state index in [-0.39, 0.29) is 11.3 Å². The van der Waals surface area contributed by atoms with E-state index in [0.717, 1.165) is 44.3 Å². The molecule has 1 aliphatic heterocycles. The second-order valence-electron chi connectivity index (χ2n) is 5.63. The van der Waals surface area contributed by atoms with Gasteiger partial charge in [0.15, 0.2) is 0 Å². The van der Waals surface area contributed by atoms with E-state index in [2.05, 4.69) is 17.6 Å². The molecule has 1 aromatic carbocycles. The first-order valence-corrected chi connectivity index (χ1v) is 8.26. The van der Waals surface area contributed by atoms with Crippen LogP contribution in [0.25, 0.3) is 0 Å². The number of hydrogen-bond donors (Lipinski definition) is 2. The van der Waals surface area contributed by atoms with Crippen molar-refractivity contribution in [3.8, 4) is 0 Å². The van der Waals surface area contributed by atoms with E-state index >= 15 is 0 Å². The summed E-state index contributed by atoms with van der Waals surface area (Å²) < 4.78 is 0. The predicted octanol–water partition coefficient (Wildman–Crippen LogP) is 3.43. The highest BCUT2D eigenvalue weighted by Crippen LogP contribution is 2.32. The molecule has 2 N–H and O–H groups in total. The average molecular weight is 329 g/mol. The molecule has 1 amide bonds. The fraction of sp³-hybridized carbons (Fsp3) is 0.562. The van der Waals surface area contributed by atoms with Crippen LogP contribution in [0.15, 0.2) is 18.2 Å². The number of rotatable bonds is 5. The van der Waals surface area contributed by atoms with Crippen LogP contribution < -0.4 is 10.6 Å². The minimum atomic E-state index is -0.199. The van der Waals surface area contributed by atoms with Crippen LogP contribution in [0.1, 0.15) is 31.7 Å². The molecule has 3 nitrogen and oxygen atoms in total. The Morgan fingerprint density at radius 3 is 2.67 bits per heavy atom. The molecule has 1 heterocycles. The van der Waals surface area contributed by atoms with Crippen molar-refractivity contribution in [2.45, 2.75) is 32.6 Å². The summed E-state index contributed by atoms with van der Waals surface area (Å²) in [6, 6.07) is 5.47. The number of benzene rings is 1. The molecule has 1 saturated heterocycles. The quantitative estimate of drug-likeness (QED) is 0.869. The molecule has 0 spiro atoms. The van der Waals surface area contributed by atoms with Gasteiger partial charge in [-0.3, -0.25) is 4.79 Å². The highest BCUT2D eigenvalue weighted by atomic mass is 35.5. The molecule has 0 aromatic heterocycles. The first-order chi connectivity index (χ1) is 10.1. The largest absolute Gasteiger partial charge is 0.355 e. The van der Waals surface area contributed by atoms with Crippen molar-refractivity contribution in [2.24, 2.45) is 5.41 Å². The van der Waals surface area contributed by atoms with Gasteiger partial charge in [-0.05, 0) is 56.5 Å². The van der Waals surface area contributed by atoms with Crippen LogP contribution in [-0.4, -0.2) is 25.5 Å². The minimum Gasteiger partial charge on any atom is -0.355 e. The third kappa shape index (κ3) is 4.12. The van der Waals surface area contributed by atoms with Crippen LogP contribution >= 0.6 is 23.2 Å². The summed E-state index contributed by atoms with van der Waals surface area (Å²) in [6.07, 6.45) is 3.44. The van der Waals surface area contributed by atoms with Gasteiger partial charge in [-0.15, -0.1) is 0 Å². The van der Waals surface area contributed by atoms with Gasteiger partial charge in [0.05, 0.1) is 5.41 Å². The molecule has 116 valence electrons. The molecular formula is C16H22Cl2N2O. The van der Waals surface area contributed by atoms with Gasteiger partial charge in [-0.2, -0.15) is 0 Å². The lowest BCUT2D eigenvalue weighted by molar-refractivity contribution is -0.132. The smallest absolute Gasteiger partial charge is 0.226 e. The van der Waals surface area contributed by atoms with Gasteiger partial charge in [0.2, 0.25) is 5.91 Å². The van der Waals surface area contributed by atoms with Crippen LogP contribution in [0.2, 0.25) is 10.0 Å². The summed E-state index contributed by atoms with van der Waals surface area (Å²) >= 11 is 12.0. The topological polar surface area (TPSA) is 41.1 Å². The SMILES string of the molecule is CCC1(C(=O)NCCc2ccc(Cl)cc2Cl)CCNCC1. The highest BCUT2D eigenvalue weighted by molar-refractivity contribution is 6.35. The molecule has 0 aliphatic carbocycles. The second kappa shape index (κ2) is 7.48. The minimum absolute atomic E-state index is 0.177. The zero-order valence-corrected chi connectivity index (χ0v) is 13.9. The van der Waals surface area contributed by atoms with Crippen LogP contribution in [0, 0.1) is 5.41 Å². The van der Waals surface area contributed by atoms with Crippen LogP contribution in [0.4, 0.5) is 0 Å². The molecule has 1 aromatic rings. The maximum Gasteiger partial charge on any atom is 0.226 e. The van der Waals surface area contributed by atoms with Crippen molar-refractivity contribution in [1.29, 1.82) is 0 Å². The fourth-order valence-corrected chi connectivity index (χ4v) is 3.37. The van der Waals surface area contributed by atoms with Gasteiger partial charge < -0.3 is 10.6 Å². The lowest BCUT2D eigenvalue weighted by atomic mass is 9.76. The second-order valence-corrected chi connectivity index (χ2v) is 6.47. The van der Waals surface area contributed by atoms with E-state index in [1.54, 1.807) is 6.07 Å². The third-order valence-corrected chi connectivity index (χ3v) is 5.00. The zero-order valence-electron chi connectivity index (χ0n) is 12.3. The molecule has 5 heteroatoms. The number of amides is 1. The number of carbonyl (C=O) groups excluding carboxylic acids is 1. The van der Waals surface area contributed by atoms with Gasteiger partial charge in [0, 0.05) is 16.6 Å². The van der Waals surface area contributed by atoms with E-state index < -0.39 is 0 Å². The van der Waals surface area contributed by atoms with Crippen molar-refractivity contribution >= 4 is 29.1 Å². The molecule has 2 rings (SSSR count). The van der Waals surface area contributed by atoms with E-state index in [0.29, 0.717) is 16.6 Å². The van der Waals surface area contributed by atoms with Crippen molar-refractivity contribution < 1.29 is 4.79 Å². The lowest BCUT2D eigenvalue weighted by Crippen LogP contribution is -2.47. The van der Waals surface area contributed by atoms with Gasteiger partial charge in [0.1, 0.15) is 0 Å². The van der Waals surface area contributed by atoms with Gasteiger partial charge in [-0.1, -0.05) is 36.2 Å². The average Bonchev–Trinajstić information content (AvgIpc) is 2.50. The molecular weight excluding hydrogens is 307 g/mol. The summed E-state index contributed by atoms with van der Waals surface area (Å²) in [5.74, 6) is 0.177. The highest BCUT2D eigenvalue weighted by Gasteiger charge is 2.37. The molecule has 0 atom stereocenters. The van der Waals surface area contributed by atoms with E-state index in [1.165, 1.54) is 0 Å². The normalized spacial score (nSPS) is 17.5. The fourth-order valence-electron chi connectivity index (χ4n) is 2.87. The van der Waals surface area contributed by atoms with Crippen molar-refractivity contribution in [1.82, 2.24) is 10.6 Å².